The number of piperazine rings is 1. The molecule has 25 heavy (non-hydrogen) atoms. The van der Waals surface area contributed by atoms with Crippen molar-refractivity contribution >= 4 is 17.7 Å². The van der Waals surface area contributed by atoms with Gasteiger partial charge >= 0.3 is 12.1 Å². The Labute approximate surface area is 148 Å². The Morgan fingerprint density at radius 3 is 2.44 bits per heavy atom. The number of esters is 1. The van der Waals surface area contributed by atoms with Crippen LogP contribution < -0.4 is 4.90 Å². The molecule has 1 aromatic rings. The third-order valence-corrected chi connectivity index (χ3v) is 4.56. The molecular formula is C19H26N2O4. The van der Waals surface area contributed by atoms with Crippen LogP contribution in [0.3, 0.4) is 0 Å². The van der Waals surface area contributed by atoms with Crippen molar-refractivity contribution in [2.75, 3.05) is 18.0 Å². The van der Waals surface area contributed by atoms with Crippen LogP contribution in [0, 0.1) is 0 Å². The number of carbonyl (C=O) groups is 2. The molecule has 2 aliphatic rings. The fourth-order valence-corrected chi connectivity index (χ4v) is 3.52. The van der Waals surface area contributed by atoms with Crippen LogP contribution in [0.5, 0.6) is 0 Å². The summed E-state index contributed by atoms with van der Waals surface area (Å²) in [4.78, 5) is 28.2. The van der Waals surface area contributed by atoms with Gasteiger partial charge in [-0.1, -0.05) is 0 Å². The van der Waals surface area contributed by atoms with Gasteiger partial charge in [0.25, 0.3) is 0 Å². The van der Waals surface area contributed by atoms with E-state index in [1.165, 1.54) is 0 Å². The summed E-state index contributed by atoms with van der Waals surface area (Å²) < 4.78 is 10.6. The number of amides is 1. The van der Waals surface area contributed by atoms with Crippen molar-refractivity contribution in [3.63, 3.8) is 0 Å². The van der Waals surface area contributed by atoms with Crippen molar-refractivity contribution in [1.82, 2.24) is 4.90 Å². The molecule has 2 aliphatic heterocycles. The molecule has 136 valence electrons. The Hall–Kier alpha value is -2.24. The predicted molar refractivity (Wildman–Crippen MR) is 94.8 cm³/mol. The Morgan fingerprint density at radius 1 is 1.20 bits per heavy atom. The zero-order chi connectivity index (χ0) is 18.4. The van der Waals surface area contributed by atoms with E-state index in [0.29, 0.717) is 12.2 Å². The molecular weight excluding hydrogens is 320 g/mol. The average Bonchev–Trinajstić information content (AvgIpc) is 2.85. The molecule has 0 unspecified atom stereocenters. The first-order valence-corrected chi connectivity index (χ1v) is 8.72. The van der Waals surface area contributed by atoms with Crippen LogP contribution in [0.15, 0.2) is 18.2 Å². The summed E-state index contributed by atoms with van der Waals surface area (Å²) in [6.45, 7) is 11.5. The number of rotatable bonds is 1. The fourth-order valence-electron chi connectivity index (χ4n) is 3.52. The van der Waals surface area contributed by atoms with Gasteiger partial charge in [0.15, 0.2) is 0 Å². The van der Waals surface area contributed by atoms with E-state index in [1.807, 2.05) is 57.7 Å². The number of cyclic esters (lactones) is 1. The smallest absolute Gasteiger partial charge is 0.410 e. The van der Waals surface area contributed by atoms with Gasteiger partial charge in [0, 0.05) is 24.3 Å². The van der Waals surface area contributed by atoms with Gasteiger partial charge in [0.05, 0.1) is 17.6 Å². The third kappa shape index (κ3) is 3.57. The number of ether oxygens (including phenoxy) is 2. The Bertz CT molecular complexity index is 683. The van der Waals surface area contributed by atoms with E-state index in [-0.39, 0.29) is 24.1 Å². The molecule has 2 heterocycles. The number of hydrogen-bond acceptors (Lipinski definition) is 5. The third-order valence-electron chi connectivity index (χ3n) is 4.56. The lowest BCUT2D eigenvalue weighted by Gasteiger charge is -2.45. The predicted octanol–water partition coefficient (Wildman–Crippen LogP) is 3.19. The lowest BCUT2D eigenvalue weighted by molar-refractivity contribution is 0.00564. The second-order valence-corrected chi connectivity index (χ2v) is 7.91. The van der Waals surface area contributed by atoms with Crippen molar-refractivity contribution in [3.8, 4) is 0 Å². The molecule has 0 radical (unpaired) electrons. The second-order valence-electron chi connectivity index (χ2n) is 7.91. The molecule has 3 rings (SSSR count). The first kappa shape index (κ1) is 17.6. The van der Waals surface area contributed by atoms with Crippen molar-refractivity contribution in [1.29, 1.82) is 0 Å². The second kappa shape index (κ2) is 6.24. The molecule has 1 amide bonds. The quantitative estimate of drug-likeness (QED) is 0.731. The van der Waals surface area contributed by atoms with E-state index in [9.17, 15) is 9.59 Å². The molecule has 2 atom stereocenters. The van der Waals surface area contributed by atoms with Crippen LogP contribution in [0.2, 0.25) is 0 Å². The van der Waals surface area contributed by atoms with Gasteiger partial charge in [-0.25, -0.2) is 9.59 Å². The van der Waals surface area contributed by atoms with Crippen LogP contribution in [0.4, 0.5) is 10.5 Å². The van der Waals surface area contributed by atoms with Crippen LogP contribution in [-0.2, 0) is 16.1 Å². The monoisotopic (exact) mass is 346 g/mol. The highest BCUT2D eigenvalue weighted by Gasteiger charge is 2.36. The zero-order valence-electron chi connectivity index (χ0n) is 15.5. The molecule has 0 spiro atoms. The maximum absolute atomic E-state index is 12.5. The Balaban J connectivity index is 1.74. The molecule has 6 nitrogen and oxygen atoms in total. The van der Waals surface area contributed by atoms with E-state index >= 15 is 0 Å². The van der Waals surface area contributed by atoms with E-state index in [0.717, 1.165) is 24.3 Å². The molecule has 0 aromatic heterocycles. The number of fused-ring (bicyclic) bond motifs is 1. The van der Waals surface area contributed by atoms with Gasteiger partial charge in [0.2, 0.25) is 0 Å². The lowest BCUT2D eigenvalue weighted by Crippen LogP contribution is -2.59. The van der Waals surface area contributed by atoms with Gasteiger partial charge in [-0.05, 0) is 52.8 Å². The normalized spacial score (nSPS) is 23.3. The van der Waals surface area contributed by atoms with E-state index in [2.05, 4.69) is 4.90 Å². The maximum Gasteiger partial charge on any atom is 0.410 e. The summed E-state index contributed by atoms with van der Waals surface area (Å²) in [6, 6.07) is 5.86. The first-order chi connectivity index (χ1) is 11.7. The van der Waals surface area contributed by atoms with E-state index < -0.39 is 5.60 Å². The molecule has 1 saturated heterocycles. The fraction of sp³-hybridized carbons (Fsp3) is 0.579. The van der Waals surface area contributed by atoms with Crippen LogP contribution >= 0.6 is 0 Å². The zero-order valence-corrected chi connectivity index (χ0v) is 15.5. The van der Waals surface area contributed by atoms with Crippen molar-refractivity contribution in [3.05, 3.63) is 29.3 Å². The number of anilines is 1. The van der Waals surface area contributed by atoms with Crippen LogP contribution in [0.1, 0.15) is 50.5 Å². The lowest BCUT2D eigenvalue weighted by atomic mass is 10.0. The molecule has 0 saturated carbocycles. The largest absolute Gasteiger partial charge is 0.457 e. The first-order valence-electron chi connectivity index (χ1n) is 8.72. The van der Waals surface area contributed by atoms with Crippen molar-refractivity contribution in [2.45, 2.75) is 58.9 Å². The number of hydrogen-bond donors (Lipinski definition) is 0. The number of nitrogens with zero attached hydrogens (tertiary/aromatic N) is 2. The number of benzene rings is 1. The van der Waals surface area contributed by atoms with Crippen molar-refractivity contribution in [2.24, 2.45) is 0 Å². The summed E-state index contributed by atoms with van der Waals surface area (Å²) >= 11 is 0. The highest BCUT2D eigenvalue weighted by atomic mass is 16.6. The molecule has 1 fully saturated rings. The van der Waals surface area contributed by atoms with E-state index in [1.54, 1.807) is 0 Å². The summed E-state index contributed by atoms with van der Waals surface area (Å²) in [5.74, 6) is -0.252. The minimum Gasteiger partial charge on any atom is -0.457 e. The maximum atomic E-state index is 12.5. The summed E-state index contributed by atoms with van der Waals surface area (Å²) in [7, 11) is 0. The van der Waals surface area contributed by atoms with Gasteiger partial charge in [-0.2, -0.15) is 0 Å². The van der Waals surface area contributed by atoms with E-state index in [4.69, 9.17) is 9.47 Å². The SMILES string of the molecule is C[C@@H]1CN(c2ccc3c(c2)COC3=O)C[C@H](C)N1C(=O)OC(C)(C)C. The molecule has 6 heteroatoms. The average molecular weight is 346 g/mol. The molecule has 0 N–H and O–H groups in total. The van der Waals surface area contributed by atoms with Crippen LogP contribution in [0.25, 0.3) is 0 Å². The topological polar surface area (TPSA) is 59.1 Å². The van der Waals surface area contributed by atoms with Crippen LogP contribution in [-0.4, -0.2) is 47.7 Å². The Kier molecular flexibility index (Phi) is 4.39. The standard InChI is InChI=1S/C19H26N2O4/c1-12-9-20(10-13(2)21(12)18(23)25-19(3,4)5)15-6-7-16-14(8-15)11-24-17(16)22/h6-8,12-13H,9-11H2,1-5H3/t12-,13+. The van der Waals surface area contributed by atoms with Gasteiger partial charge in [0.1, 0.15) is 12.2 Å². The highest BCUT2D eigenvalue weighted by Crippen LogP contribution is 2.29. The number of carbonyl (C=O) groups excluding carboxylic acids is 2. The highest BCUT2D eigenvalue weighted by molar-refractivity contribution is 5.93. The van der Waals surface area contributed by atoms with Crippen molar-refractivity contribution < 1.29 is 19.1 Å². The summed E-state index contributed by atoms with van der Waals surface area (Å²) in [5.41, 5.74) is 2.13. The minimum absolute atomic E-state index is 0.0322. The molecule has 0 bridgehead atoms. The van der Waals surface area contributed by atoms with Gasteiger partial charge < -0.3 is 14.4 Å². The van der Waals surface area contributed by atoms with Gasteiger partial charge in [-0.3, -0.25) is 4.90 Å². The summed E-state index contributed by atoms with van der Waals surface area (Å²) in [6.07, 6.45) is -0.264. The van der Waals surface area contributed by atoms with Gasteiger partial charge in [-0.15, -0.1) is 0 Å². The molecule has 0 aliphatic carbocycles. The minimum atomic E-state index is -0.500. The molecule has 1 aromatic carbocycles. The summed E-state index contributed by atoms with van der Waals surface area (Å²) in [5, 5.41) is 0. The Morgan fingerprint density at radius 2 is 1.84 bits per heavy atom.